The molecule has 0 saturated heterocycles. The van der Waals surface area contributed by atoms with E-state index in [-0.39, 0.29) is 0 Å². The fraction of sp³-hybridized carbons (Fsp3) is 0.375. The van der Waals surface area contributed by atoms with Crippen LogP contribution in [-0.2, 0) is 0 Å². The Morgan fingerprint density at radius 1 is 0.583 bits per heavy atom. The second-order valence-corrected chi connectivity index (χ2v) is 5.24. The van der Waals surface area contributed by atoms with E-state index in [1.807, 2.05) is 12.1 Å². The Labute approximate surface area is 140 Å². The molecule has 1 aliphatic rings. The molecule has 8 nitrogen and oxygen atoms in total. The van der Waals surface area contributed by atoms with Gasteiger partial charge >= 0.3 is 0 Å². The standard InChI is InChI=1S/C16H18N8/c1-3-17-9-13-7-15(23-21-13)11-19-5-2-6-20-12-16-8-14(22-24-16)10-18-4-1/h7-12H,1-6H2/q-2. The molecule has 3 heterocycles. The molecule has 2 aromatic rings. The molecule has 4 bridgehead atoms. The van der Waals surface area contributed by atoms with Crippen molar-refractivity contribution < 1.29 is 0 Å². The third-order valence-corrected chi connectivity index (χ3v) is 3.20. The van der Waals surface area contributed by atoms with Gasteiger partial charge in [-0.3, -0.25) is 20.0 Å². The van der Waals surface area contributed by atoms with Crippen molar-refractivity contribution >= 4 is 24.9 Å². The van der Waals surface area contributed by atoms with Gasteiger partial charge in [0, 0.05) is 51.0 Å². The van der Waals surface area contributed by atoms with Crippen molar-refractivity contribution in [3.63, 3.8) is 0 Å². The minimum absolute atomic E-state index is 0.693. The molecule has 0 fully saturated rings. The average molecular weight is 322 g/mol. The molecular formula is C16H18N8-2. The summed E-state index contributed by atoms with van der Waals surface area (Å²) in [5, 5.41) is 16.2. The van der Waals surface area contributed by atoms with E-state index >= 15 is 0 Å². The molecule has 0 amide bonds. The molecule has 0 radical (unpaired) electrons. The first-order chi connectivity index (χ1) is 11.9. The van der Waals surface area contributed by atoms with E-state index in [0.29, 0.717) is 26.2 Å². The van der Waals surface area contributed by atoms with E-state index < -0.39 is 0 Å². The lowest BCUT2D eigenvalue weighted by molar-refractivity contribution is 0.848. The minimum Gasteiger partial charge on any atom is -0.574 e. The number of rotatable bonds is 0. The van der Waals surface area contributed by atoms with Gasteiger partial charge in [0.2, 0.25) is 0 Å². The van der Waals surface area contributed by atoms with E-state index in [2.05, 4.69) is 40.4 Å². The Balaban J connectivity index is 1.65. The van der Waals surface area contributed by atoms with E-state index in [4.69, 9.17) is 0 Å². The van der Waals surface area contributed by atoms with Gasteiger partial charge in [0.15, 0.2) is 0 Å². The van der Waals surface area contributed by atoms with Crippen LogP contribution in [0.15, 0.2) is 32.1 Å². The number of hydrogen-bond donors (Lipinski definition) is 0. The van der Waals surface area contributed by atoms with Gasteiger partial charge in [-0.05, 0) is 25.0 Å². The van der Waals surface area contributed by atoms with Crippen molar-refractivity contribution in [2.75, 3.05) is 26.2 Å². The fourth-order valence-corrected chi connectivity index (χ4v) is 2.04. The smallest absolute Gasteiger partial charge is 0.0581 e. The Hall–Kier alpha value is -2.90. The molecule has 0 saturated carbocycles. The van der Waals surface area contributed by atoms with Gasteiger partial charge < -0.3 is 20.4 Å². The summed E-state index contributed by atoms with van der Waals surface area (Å²) in [5.41, 5.74) is 2.99. The second-order valence-electron chi connectivity index (χ2n) is 5.24. The number of aromatic nitrogens is 4. The largest absolute Gasteiger partial charge is 0.574 e. The first-order valence-corrected chi connectivity index (χ1v) is 7.90. The highest BCUT2D eigenvalue weighted by atomic mass is 15.1. The SMILES string of the molecule is C1=NCCCN=Cc2cc([n-]n2)C=NCCCN=Cc2cc1n[n-]2. The summed E-state index contributed by atoms with van der Waals surface area (Å²) in [5.74, 6) is 0. The lowest BCUT2D eigenvalue weighted by Crippen LogP contribution is -1.91. The van der Waals surface area contributed by atoms with Crippen LogP contribution >= 0.6 is 0 Å². The van der Waals surface area contributed by atoms with Gasteiger partial charge in [0.25, 0.3) is 0 Å². The van der Waals surface area contributed by atoms with Crippen LogP contribution in [0.3, 0.4) is 0 Å². The van der Waals surface area contributed by atoms with Crippen LogP contribution in [0.2, 0.25) is 0 Å². The van der Waals surface area contributed by atoms with Crippen molar-refractivity contribution in [3.05, 3.63) is 34.9 Å². The van der Waals surface area contributed by atoms with Crippen molar-refractivity contribution in [3.8, 4) is 0 Å². The second kappa shape index (κ2) is 8.66. The predicted molar refractivity (Wildman–Crippen MR) is 94.2 cm³/mol. The maximum absolute atomic E-state index is 4.33. The van der Waals surface area contributed by atoms with E-state index in [0.717, 1.165) is 35.6 Å². The summed E-state index contributed by atoms with van der Waals surface area (Å²) in [6, 6.07) is 3.73. The first-order valence-electron chi connectivity index (χ1n) is 7.90. The Morgan fingerprint density at radius 2 is 1.00 bits per heavy atom. The van der Waals surface area contributed by atoms with Gasteiger partial charge in [-0.2, -0.15) is 0 Å². The van der Waals surface area contributed by atoms with Crippen molar-refractivity contribution in [2.45, 2.75) is 12.8 Å². The molecular weight excluding hydrogens is 304 g/mol. The van der Waals surface area contributed by atoms with Crippen LogP contribution in [0, 0.1) is 0 Å². The molecule has 0 spiro atoms. The molecule has 0 atom stereocenters. The highest BCUT2D eigenvalue weighted by Gasteiger charge is 1.90. The van der Waals surface area contributed by atoms with Crippen LogP contribution in [0.25, 0.3) is 0 Å². The van der Waals surface area contributed by atoms with Crippen LogP contribution in [0.4, 0.5) is 0 Å². The molecule has 8 heteroatoms. The normalized spacial score (nSPS) is 16.3. The average Bonchev–Trinajstić information content (AvgIpc) is 3.22. The molecule has 24 heavy (non-hydrogen) atoms. The lowest BCUT2D eigenvalue weighted by atomic mass is 10.3. The van der Waals surface area contributed by atoms with Gasteiger partial charge in [-0.1, -0.05) is 0 Å². The maximum atomic E-state index is 4.33. The molecule has 3 rings (SSSR count). The van der Waals surface area contributed by atoms with Crippen LogP contribution in [-0.4, -0.2) is 61.2 Å². The molecule has 0 unspecified atom stereocenters. The first kappa shape index (κ1) is 16.0. The number of nitrogens with zero attached hydrogens (tertiary/aromatic N) is 8. The van der Waals surface area contributed by atoms with Gasteiger partial charge in [-0.15, -0.1) is 11.4 Å². The summed E-state index contributed by atoms with van der Waals surface area (Å²) in [6.45, 7) is 2.77. The van der Waals surface area contributed by atoms with Gasteiger partial charge in [0.05, 0.1) is 11.4 Å². The Bertz CT molecular complexity index is 628. The number of aliphatic imine (C=N–C) groups is 4. The third-order valence-electron chi connectivity index (χ3n) is 3.20. The molecule has 0 N–H and O–H groups in total. The number of fused-ring (bicyclic) bond motifs is 4. The van der Waals surface area contributed by atoms with Crippen molar-refractivity contribution in [1.29, 1.82) is 0 Å². The van der Waals surface area contributed by atoms with Crippen molar-refractivity contribution in [1.82, 2.24) is 20.4 Å². The van der Waals surface area contributed by atoms with Crippen molar-refractivity contribution in [2.24, 2.45) is 20.0 Å². The summed E-state index contributed by atoms with van der Waals surface area (Å²) in [4.78, 5) is 17.3. The zero-order chi connectivity index (χ0) is 16.5. The van der Waals surface area contributed by atoms with E-state index in [1.54, 1.807) is 24.9 Å². The Morgan fingerprint density at radius 3 is 1.46 bits per heavy atom. The van der Waals surface area contributed by atoms with Crippen LogP contribution < -0.4 is 10.2 Å². The van der Waals surface area contributed by atoms with Crippen LogP contribution in [0.1, 0.15) is 35.6 Å². The zero-order valence-electron chi connectivity index (χ0n) is 13.3. The molecule has 124 valence electrons. The fourth-order valence-electron chi connectivity index (χ4n) is 2.04. The summed E-state index contributed by atoms with van der Waals surface area (Å²) < 4.78 is 0. The highest BCUT2D eigenvalue weighted by molar-refractivity contribution is 5.84. The lowest BCUT2D eigenvalue weighted by Gasteiger charge is -1.96. The minimum atomic E-state index is 0.693. The molecule has 1 aliphatic heterocycles. The molecule has 2 aromatic heterocycles. The molecule has 0 aliphatic carbocycles. The third kappa shape index (κ3) is 5.08. The maximum Gasteiger partial charge on any atom is 0.0581 e. The summed E-state index contributed by atoms with van der Waals surface area (Å²) in [6.07, 6.45) is 8.65. The topological polar surface area (TPSA) is 103 Å². The van der Waals surface area contributed by atoms with E-state index in [1.165, 1.54) is 0 Å². The highest BCUT2D eigenvalue weighted by Crippen LogP contribution is 1.96. The van der Waals surface area contributed by atoms with Gasteiger partial charge in [0.1, 0.15) is 0 Å². The van der Waals surface area contributed by atoms with Gasteiger partial charge in [-0.25, -0.2) is 0 Å². The van der Waals surface area contributed by atoms with E-state index in [9.17, 15) is 0 Å². The summed E-state index contributed by atoms with van der Waals surface area (Å²) >= 11 is 0. The predicted octanol–water partition coefficient (Wildman–Crippen LogP) is 0.561. The summed E-state index contributed by atoms with van der Waals surface area (Å²) in [7, 11) is 0. The molecule has 0 aromatic carbocycles. The quantitative estimate of drug-likeness (QED) is 0.707. The zero-order valence-corrected chi connectivity index (χ0v) is 13.3. The Kier molecular flexibility index (Phi) is 5.76. The van der Waals surface area contributed by atoms with Crippen LogP contribution in [0.5, 0.6) is 0 Å². The number of hydrogen-bond acceptors (Lipinski definition) is 6. The monoisotopic (exact) mass is 322 g/mol.